The first-order valence-corrected chi connectivity index (χ1v) is 8.02. The van der Waals surface area contributed by atoms with E-state index < -0.39 is 0 Å². The highest BCUT2D eigenvalue weighted by molar-refractivity contribution is 7.99. The van der Waals surface area contributed by atoms with Gasteiger partial charge in [-0.3, -0.25) is 9.69 Å². The highest BCUT2D eigenvalue weighted by Crippen LogP contribution is 2.19. The lowest BCUT2D eigenvalue weighted by Crippen LogP contribution is -2.36. The zero-order chi connectivity index (χ0) is 14.4. The first-order chi connectivity index (χ1) is 9.70. The molecule has 0 saturated carbocycles. The molecule has 1 saturated heterocycles. The summed E-state index contributed by atoms with van der Waals surface area (Å²) in [5, 5.41) is 5.98. The van der Waals surface area contributed by atoms with Crippen molar-refractivity contribution in [2.75, 3.05) is 55.8 Å². The van der Waals surface area contributed by atoms with Crippen molar-refractivity contribution in [2.45, 2.75) is 0 Å². The van der Waals surface area contributed by atoms with Crippen molar-refractivity contribution in [3.8, 4) is 0 Å². The Morgan fingerprint density at radius 1 is 1.40 bits per heavy atom. The molecule has 5 nitrogen and oxygen atoms in total. The number of nitrogen functional groups attached to an aromatic ring is 1. The monoisotopic (exact) mass is 294 g/mol. The quantitative estimate of drug-likeness (QED) is 0.709. The molecule has 0 radical (unpaired) electrons. The molecule has 110 valence electrons. The summed E-state index contributed by atoms with van der Waals surface area (Å²) in [5.41, 5.74) is 7.90. The normalized spacial score (nSPS) is 15.8. The minimum absolute atomic E-state index is 0.0955. The lowest BCUT2D eigenvalue weighted by atomic mass is 10.1. The van der Waals surface area contributed by atoms with E-state index in [9.17, 15) is 4.79 Å². The van der Waals surface area contributed by atoms with E-state index in [1.54, 1.807) is 19.2 Å². The molecule has 0 aliphatic carbocycles. The van der Waals surface area contributed by atoms with Crippen LogP contribution in [-0.4, -0.2) is 55.5 Å². The summed E-state index contributed by atoms with van der Waals surface area (Å²) >= 11 is 2.01. The van der Waals surface area contributed by atoms with E-state index in [4.69, 9.17) is 5.73 Å². The molecule has 1 amide bonds. The molecule has 1 fully saturated rings. The lowest BCUT2D eigenvalue weighted by molar-refractivity contribution is 0.0964. The molecule has 1 heterocycles. The van der Waals surface area contributed by atoms with Gasteiger partial charge in [-0.25, -0.2) is 0 Å². The maximum absolute atomic E-state index is 11.8. The Hall–Kier alpha value is -1.40. The SMILES string of the molecule is CNC(=O)c1ccc(N)cc1NCCN1CCSCC1. The van der Waals surface area contributed by atoms with Gasteiger partial charge in [0, 0.05) is 56.1 Å². The topological polar surface area (TPSA) is 70.4 Å². The van der Waals surface area contributed by atoms with Gasteiger partial charge in [-0.05, 0) is 18.2 Å². The number of hydrogen-bond acceptors (Lipinski definition) is 5. The number of amides is 1. The molecule has 0 atom stereocenters. The van der Waals surface area contributed by atoms with Crippen LogP contribution in [0.3, 0.4) is 0 Å². The van der Waals surface area contributed by atoms with Crippen LogP contribution < -0.4 is 16.4 Å². The number of nitrogens with zero attached hydrogens (tertiary/aromatic N) is 1. The molecular formula is C14H22N4OS. The van der Waals surface area contributed by atoms with E-state index >= 15 is 0 Å². The number of thioether (sulfide) groups is 1. The van der Waals surface area contributed by atoms with Crippen LogP contribution in [0.1, 0.15) is 10.4 Å². The van der Waals surface area contributed by atoms with Crippen molar-refractivity contribution in [1.82, 2.24) is 10.2 Å². The third-order valence-corrected chi connectivity index (χ3v) is 4.30. The van der Waals surface area contributed by atoms with E-state index in [1.165, 1.54) is 11.5 Å². The molecule has 6 heteroatoms. The number of benzene rings is 1. The average Bonchev–Trinajstić information content (AvgIpc) is 2.48. The molecule has 0 unspecified atom stereocenters. The summed E-state index contributed by atoms with van der Waals surface area (Å²) < 4.78 is 0. The minimum Gasteiger partial charge on any atom is -0.399 e. The van der Waals surface area contributed by atoms with E-state index in [0.717, 1.165) is 31.9 Å². The predicted octanol–water partition coefficient (Wildman–Crippen LogP) is 1.09. The van der Waals surface area contributed by atoms with E-state index in [2.05, 4.69) is 15.5 Å². The number of nitrogens with one attached hydrogen (secondary N) is 2. The Morgan fingerprint density at radius 2 is 2.15 bits per heavy atom. The summed E-state index contributed by atoms with van der Waals surface area (Å²) in [6.07, 6.45) is 0. The summed E-state index contributed by atoms with van der Waals surface area (Å²) in [4.78, 5) is 14.2. The summed E-state index contributed by atoms with van der Waals surface area (Å²) in [5.74, 6) is 2.32. The van der Waals surface area contributed by atoms with Gasteiger partial charge in [-0.2, -0.15) is 11.8 Å². The highest BCUT2D eigenvalue weighted by Gasteiger charge is 2.12. The van der Waals surface area contributed by atoms with Crippen molar-refractivity contribution in [2.24, 2.45) is 0 Å². The van der Waals surface area contributed by atoms with Gasteiger partial charge in [0.05, 0.1) is 5.56 Å². The Labute approximate surface area is 124 Å². The number of carbonyl (C=O) groups excluding carboxylic acids is 1. The maximum Gasteiger partial charge on any atom is 0.253 e. The number of rotatable bonds is 5. The van der Waals surface area contributed by atoms with Crippen molar-refractivity contribution in [3.05, 3.63) is 23.8 Å². The van der Waals surface area contributed by atoms with Crippen molar-refractivity contribution in [3.63, 3.8) is 0 Å². The smallest absolute Gasteiger partial charge is 0.253 e. The summed E-state index contributed by atoms with van der Waals surface area (Å²) in [7, 11) is 1.63. The van der Waals surface area contributed by atoms with Crippen molar-refractivity contribution >= 4 is 29.0 Å². The molecule has 20 heavy (non-hydrogen) atoms. The van der Waals surface area contributed by atoms with Gasteiger partial charge in [-0.1, -0.05) is 0 Å². The number of nitrogens with two attached hydrogens (primary N) is 1. The zero-order valence-electron chi connectivity index (χ0n) is 11.8. The zero-order valence-corrected chi connectivity index (χ0v) is 12.6. The Kier molecular flexibility index (Phi) is 5.55. The minimum atomic E-state index is -0.0955. The third-order valence-electron chi connectivity index (χ3n) is 3.36. The first kappa shape index (κ1) is 15.0. The van der Waals surface area contributed by atoms with Crippen LogP contribution in [0.5, 0.6) is 0 Å². The molecule has 0 aromatic heterocycles. The average molecular weight is 294 g/mol. The molecule has 0 bridgehead atoms. The molecule has 0 spiro atoms. The molecule has 1 aromatic rings. The Bertz CT molecular complexity index is 460. The van der Waals surface area contributed by atoms with Gasteiger partial charge in [0.15, 0.2) is 0 Å². The largest absolute Gasteiger partial charge is 0.399 e. The molecule has 1 aliphatic rings. The van der Waals surface area contributed by atoms with Crippen LogP contribution in [0, 0.1) is 0 Å². The molecular weight excluding hydrogens is 272 g/mol. The fourth-order valence-electron chi connectivity index (χ4n) is 2.21. The van der Waals surface area contributed by atoms with Crippen LogP contribution >= 0.6 is 11.8 Å². The van der Waals surface area contributed by atoms with Crippen molar-refractivity contribution < 1.29 is 4.79 Å². The van der Waals surface area contributed by atoms with Gasteiger partial charge in [0.1, 0.15) is 0 Å². The van der Waals surface area contributed by atoms with Gasteiger partial charge >= 0.3 is 0 Å². The van der Waals surface area contributed by atoms with Gasteiger partial charge in [0.2, 0.25) is 0 Å². The van der Waals surface area contributed by atoms with Gasteiger partial charge in [0.25, 0.3) is 5.91 Å². The first-order valence-electron chi connectivity index (χ1n) is 6.86. The predicted molar refractivity (Wildman–Crippen MR) is 86.5 cm³/mol. The molecule has 4 N–H and O–H groups in total. The van der Waals surface area contributed by atoms with Gasteiger partial charge in [-0.15, -0.1) is 0 Å². The highest BCUT2D eigenvalue weighted by atomic mass is 32.2. The fraction of sp³-hybridized carbons (Fsp3) is 0.500. The second-order valence-electron chi connectivity index (χ2n) is 4.76. The van der Waals surface area contributed by atoms with Crippen LogP contribution in [-0.2, 0) is 0 Å². The molecule has 2 rings (SSSR count). The van der Waals surface area contributed by atoms with Crippen molar-refractivity contribution in [1.29, 1.82) is 0 Å². The Balaban J connectivity index is 1.93. The van der Waals surface area contributed by atoms with E-state index in [-0.39, 0.29) is 5.91 Å². The Morgan fingerprint density at radius 3 is 2.85 bits per heavy atom. The third kappa shape index (κ3) is 4.05. The second kappa shape index (κ2) is 7.40. The second-order valence-corrected chi connectivity index (χ2v) is 5.99. The van der Waals surface area contributed by atoms with E-state index in [1.807, 2.05) is 17.8 Å². The molecule has 1 aromatic carbocycles. The maximum atomic E-state index is 11.8. The number of carbonyl (C=O) groups is 1. The number of anilines is 2. The summed E-state index contributed by atoms with van der Waals surface area (Å²) in [6, 6.07) is 5.32. The van der Waals surface area contributed by atoms with Gasteiger partial charge < -0.3 is 16.4 Å². The summed E-state index contributed by atoms with van der Waals surface area (Å²) in [6.45, 7) is 4.10. The number of hydrogen-bond donors (Lipinski definition) is 3. The van der Waals surface area contributed by atoms with E-state index in [0.29, 0.717) is 11.3 Å². The molecule has 1 aliphatic heterocycles. The van der Waals surface area contributed by atoms with Crippen LogP contribution in [0.4, 0.5) is 11.4 Å². The fourth-order valence-corrected chi connectivity index (χ4v) is 3.19. The van der Waals surface area contributed by atoms with Crippen LogP contribution in [0.2, 0.25) is 0 Å². The lowest BCUT2D eigenvalue weighted by Gasteiger charge is -2.26. The van der Waals surface area contributed by atoms with Crippen LogP contribution in [0.15, 0.2) is 18.2 Å². The van der Waals surface area contributed by atoms with Crippen LogP contribution in [0.25, 0.3) is 0 Å². The standard InChI is InChI=1S/C14H22N4OS/c1-16-14(19)12-3-2-11(15)10-13(12)17-4-5-18-6-8-20-9-7-18/h2-3,10,17H,4-9,15H2,1H3,(H,16,19).